The zero-order valence-corrected chi connectivity index (χ0v) is 17.4. The molecule has 0 aliphatic heterocycles. The van der Waals surface area contributed by atoms with Gasteiger partial charge in [0.15, 0.2) is 16.4 Å². The second-order valence-corrected chi connectivity index (χ2v) is 8.48. The zero-order chi connectivity index (χ0) is 21.6. The van der Waals surface area contributed by atoms with E-state index < -0.39 is 5.92 Å². The number of hydrogen-bond donors (Lipinski definition) is 1. The number of alkyl halides is 2. The van der Waals surface area contributed by atoms with E-state index in [9.17, 15) is 13.6 Å². The van der Waals surface area contributed by atoms with Gasteiger partial charge in [-0.25, -0.2) is 23.4 Å². The number of H-pyrrole nitrogens is 1. The number of benzene rings is 1. The van der Waals surface area contributed by atoms with Gasteiger partial charge in [-0.1, -0.05) is 11.8 Å². The summed E-state index contributed by atoms with van der Waals surface area (Å²) >= 11 is 1.27. The van der Waals surface area contributed by atoms with Crippen molar-refractivity contribution in [3.8, 4) is 5.75 Å². The number of nitrogens with one attached hydrogen (secondary N) is 1. The van der Waals surface area contributed by atoms with Gasteiger partial charge in [0, 0.05) is 18.9 Å². The Bertz CT molecular complexity index is 1310. The van der Waals surface area contributed by atoms with Gasteiger partial charge in [0.2, 0.25) is 11.8 Å². The van der Waals surface area contributed by atoms with Crippen molar-refractivity contribution in [2.45, 2.75) is 48.6 Å². The van der Waals surface area contributed by atoms with Crippen LogP contribution in [0.4, 0.5) is 8.78 Å². The fourth-order valence-electron chi connectivity index (χ4n) is 3.79. The quantitative estimate of drug-likeness (QED) is 0.359. The summed E-state index contributed by atoms with van der Waals surface area (Å²) in [5, 5.41) is 5.00. The van der Waals surface area contributed by atoms with Crippen LogP contribution in [-0.2, 0) is 5.75 Å². The maximum Gasteiger partial charge on any atom is 0.262 e. The van der Waals surface area contributed by atoms with Crippen molar-refractivity contribution in [1.82, 2.24) is 24.7 Å². The highest BCUT2D eigenvalue weighted by Gasteiger charge is 2.36. The fourth-order valence-corrected chi connectivity index (χ4v) is 4.49. The molecule has 8 nitrogen and oxygen atoms in total. The highest BCUT2D eigenvalue weighted by atomic mass is 32.2. The number of ether oxygens (including phenoxy) is 1. The molecule has 0 radical (unpaired) electrons. The second kappa shape index (κ2) is 7.63. The predicted octanol–water partition coefficient (Wildman–Crippen LogP) is 4.31. The van der Waals surface area contributed by atoms with Crippen LogP contribution in [-0.4, -0.2) is 37.8 Å². The number of aromatic nitrogens is 5. The molecule has 1 aliphatic rings. The summed E-state index contributed by atoms with van der Waals surface area (Å²) < 4.78 is 39.6. The largest absolute Gasteiger partial charge is 0.497 e. The first-order chi connectivity index (χ1) is 14.9. The van der Waals surface area contributed by atoms with E-state index >= 15 is 0 Å². The maximum absolute atomic E-state index is 13.5. The molecule has 1 saturated carbocycles. The molecule has 1 aliphatic carbocycles. The van der Waals surface area contributed by atoms with Gasteiger partial charge in [-0.2, -0.15) is 5.10 Å². The van der Waals surface area contributed by atoms with Crippen molar-refractivity contribution in [3.63, 3.8) is 0 Å². The predicted molar refractivity (Wildman–Crippen MR) is 111 cm³/mol. The lowest BCUT2D eigenvalue weighted by molar-refractivity contribution is -0.0446. The van der Waals surface area contributed by atoms with E-state index in [1.807, 2.05) is 6.07 Å². The summed E-state index contributed by atoms with van der Waals surface area (Å²) in [6.07, 6.45) is 1.66. The Morgan fingerprint density at radius 1 is 1.32 bits per heavy atom. The number of rotatable bonds is 5. The van der Waals surface area contributed by atoms with Crippen LogP contribution >= 0.6 is 11.8 Å². The normalized spacial score (nSPS) is 16.9. The Balaban J connectivity index is 1.38. The summed E-state index contributed by atoms with van der Waals surface area (Å²) in [7, 11) is 1.58. The van der Waals surface area contributed by atoms with Crippen LogP contribution < -0.4 is 10.3 Å². The molecule has 1 N–H and O–H groups in total. The van der Waals surface area contributed by atoms with Crippen molar-refractivity contribution < 1.29 is 17.9 Å². The summed E-state index contributed by atoms with van der Waals surface area (Å²) in [6.45, 7) is 0. The third kappa shape index (κ3) is 3.89. The minimum Gasteiger partial charge on any atom is -0.497 e. The fraction of sp³-hybridized carbons (Fsp3) is 0.400. The van der Waals surface area contributed by atoms with Gasteiger partial charge in [0.05, 0.1) is 25.1 Å². The second-order valence-electron chi connectivity index (χ2n) is 7.51. The van der Waals surface area contributed by atoms with Crippen LogP contribution in [0.5, 0.6) is 5.75 Å². The van der Waals surface area contributed by atoms with Crippen LogP contribution in [0.25, 0.3) is 22.1 Å². The molecule has 162 valence electrons. The molecule has 5 rings (SSSR count). The molecule has 31 heavy (non-hydrogen) atoms. The van der Waals surface area contributed by atoms with Gasteiger partial charge in [-0.05, 0) is 25.0 Å². The molecular weight excluding hydrogens is 428 g/mol. The number of fused-ring (bicyclic) bond motifs is 2. The standard InChI is InChI=1S/C20H19F2N5O3S/c1-29-12-2-3-14-15(8-12)30-16(24-14)10-31-19-25-17-13(18(28)26-19)9-23-27(17)11-4-6-20(21,22)7-5-11/h2-3,8-9,11H,4-7,10H2,1H3,(H,25,26,28). The first kappa shape index (κ1) is 20.0. The number of hydrogen-bond acceptors (Lipinski definition) is 7. The molecule has 11 heteroatoms. The molecule has 0 atom stereocenters. The maximum atomic E-state index is 13.5. The van der Waals surface area contributed by atoms with Gasteiger partial charge in [0.1, 0.15) is 16.7 Å². The molecule has 0 bridgehead atoms. The third-order valence-corrected chi connectivity index (χ3v) is 6.30. The number of thioether (sulfide) groups is 1. The van der Waals surface area contributed by atoms with E-state index in [-0.39, 0.29) is 24.4 Å². The molecule has 1 aromatic carbocycles. The van der Waals surface area contributed by atoms with Crippen molar-refractivity contribution in [3.05, 3.63) is 40.6 Å². The first-order valence-corrected chi connectivity index (χ1v) is 10.8. The highest BCUT2D eigenvalue weighted by Crippen LogP contribution is 2.39. The number of halogens is 2. The number of nitrogens with zero attached hydrogens (tertiary/aromatic N) is 4. The van der Waals surface area contributed by atoms with Crippen molar-refractivity contribution in [2.24, 2.45) is 0 Å². The molecule has 1 fully saturated rings. The van der Waals surface area contributed by atoms with Gasteiger partial charge in [-0.15, -0.1) is 0 Å². The highest BCUT2D eigenvalue weighted by molar-refractivity contribution is 7.98. The summed E-state index contributed by atoms with van der Waals surface area (Å²) in [6, 6.07) is 5.17. The Morgan fingerprint density at radius 2 is 2.13 bits per heavy atom. The molecule has 3 heterocycles. The van der Waals surface area contributed by atoms with E-state index in [4.69, 9.17) is 9.15 Å². The number of oxazole rings is 1. The molecular formula is C20H19F2N5O3S. The number of methoxy groups -OCH3 is 1. The Kier molecular flexibility index (Phi) is 4.92. The van der Waals surface area contributed by atoms with Crippen LogP contribution in [0.15, 0.2) is 38.8 Å². The molecule has 3 aromatic heterocycles. The Labute approximate surface area is 179 Å². The first-order valence-electron chi connectivity index (χ1n) is 9.83. The monoisotopic (exact) mass is 447 g/mol. The molecule has 4 aromatic rings. The van der Waals surface area contributed by atoms with Crippen molar-refractivity contribution >= 4 is 33.9 Å². The summed E-state index contributed by atoms with van der Waals surface area (Å²) in [5.74, 6) is -1.11. The van der Waals surface area contributed by atoms with E-state index in [0.717, 1.165) is 0 Å². The molecule has 0 unspecified atom stereocenters. The van der Waals surface area contributed by atoms with Crippen LogP contribution in [0.1, 0.15) is 37.6 Å². The summed E-state index contributed by atoms with van der Waals surface area (Å²) in [5.41, 5.74) is 1.41. The third-order valence-electron chi connectivity index (χ3n) is 5.45. The van der Waals surface area contributed by atoms with E-state index in [0.29, 0.717) is 57.5 Å². The minimum atomic E-state index is -2.63. The van der Waals surface area contributed by atoms with Crippen LogP contribution in [0, 0.1) is 0 Å². The van der Waals surface area contributed by atoms with E-state index in [1.54, 1.807) is 23.9 Å². The lowest BCUT2D eigenvalue weighted by atomic mass is 9.92. The van der Waals surface area contributed by atoms with Crippen molar-refractivity contribution in [1.29, 1.82) is 0 Å². The van der Waals surface area contributed by atoms with E-state index in [2.05, 4.69) is 20.1 Å². The SMILES string of the molecule is COc1ccc2nc(CSc3nc4c(cnn4C4CCC(F)(F)CC4)c(=O)[nH]3)oc2c1. The lowest BCUT2D eigenvalue weighted by Crippen LogP contribution is -2.27. The Hall–Kier alpha value is -2.95. The zero-order valence-electron chi connectivity index (χ0n) is 16.6. The Morgan fingerprint density at radius 3 is 2.90 bits per heavy atom. The summed E-state index contributed by atoms with van der Waals surface area (Å²) in [4.78, 5) is 24.2. The minimum absolute atomic E-state index is 0.188. The molecule has 0 amide bonds. The van der Waals surface area contributed by atoms with Crippen LogP contribution in [0.2, 0.25) is 0 Å². The van der Waals surface area contributed by atoms with Crippen LogP contribution in [0.3, 0.4) is 0 Å². The van der Waals surface area contributed by atoms with Crippen molar-refractivity contribution in [2.75, 3.05) is 7.11 Å². The average molecular weight is 447 g/mol. The average Bonchev–Trinajstić information content (AvgIpc) is 3.36. The topological polar surface area (TPSA) is 98.8 Å². The van der Waals surface area contributed by atoms with E-state index in [1.165, 1.54) is 18.0 Å². The smallest absolute Gasteiger partial charge is 0.262 e. The molecule has 0 saturated heterocycles. The van der Waals surface area contributed by atoms with Gasteiger partial charge < -0.3 is 14.1 Å². The van der Waals surface area contributed by atoms with Gasteiger partial charge in [0.25, 0.3) is 5.56 Å². The number of aromatic amines is 1. The van der Waals surface area contributed by atoms with Gasteiger partial charge in [-0.3, -0.25) is 4.79 Å². The lowest BCUT2D eigenvalue weighted by Gasteiger charge is -2.28. The molecule has 0 spiro atoms. The van der Waals surface area contributed by atoms with Gasteiger partial charge >= 0.3 is 0 Å².